The summed E-state index contributed by atoms with van der Waals surface area (Å²) in [6.07, 6.45) is 0.809. The highest BCUT2D eigenvalue weighted by molar-refractivity contribution is 5.76. The van der Waals surface area contributed by atoms with E-state index in [-0.39, 0.29) is 5.95 Å². The van der Waals surface area contributed by atoms with Crippen LogP contribution in [0.5, 0.6) is 0 Å². The average molecular weight is 213 g/mol. The fourth-order valence-corrected chi connectivity index (χ4v) is 1.47. The van der Waals surface area contributed by atoms with Crippen LogP contribution in [0.4, 0.5) is 5.95 Å². The molecule has 0 spiro atoms. The van der Waals surface area contributed by atoms with Gasteiger partial charge in [-0.3, -0.25) is 4.79 Å². The average Bonchev–Trinajstić information content (AvgIpc) is 2.28. The van der Waals surface area contributed by atoms with Gasteiger partial charge in [0.25, 0.3) is 0 Å². The Hall–Kier alpha value is -2.23. The number of benzene rings is 1. The van der Waals surface area contributed by atoms with Crippen molar-refractivity contribution in [3.63, 3.8) is 0 Å². The van der Waals surface area contributed by atoms with Gasteiger partial charge in [-0.1, -0.05) is 24.3 Å². The molecule has 4 heteroatoms. The number of nitrogens with zero attached hydrogens (tertiary/aromatic N) is 2. The van der Waals surface area contributed by atoms with Crippen molar-refractivity contribution in [3.8, 4) is 11.3 Å². The lowest BCUT2D eigenvalue weighted by molar-refractivity contribution is 0.112. The molecule has 0 amide bonds. The second-order valence-corrected chi connectivity index (χ2v) is 3.49. The summed E-state index contributed by atoms with van der Waals surface area (Å²) in [5.41, 5.74) is 8.72. The van der Waals surface area contributed by atoms with Crippen LogP contribution < -0.4 is 5.73 Å². The van der Waals surface area contributed by atoms with Gasteiger partial charge in [0.15, 0.2) is 0 Å². The Morgan fingerprint density at radius 2 is 1.88 bits per heavy atom. The van der Waals surface area contributed by atoms with Gasteiger partial charge in [-0.25, -0.2) is 9.97 Å². The molecule has 1 aromatic heterocycles. The van der Waals surface area contributed by atoms with Crippen LogP contribution in [0.25, 0.3) is 11.3 Å². The molecule has 2 N–H and O–H groups in total. The van der Waals surface area contributed by atoms with Crippen molar-refractivity contribution in [2.75, 3.05) is 5.73 Å². The number of aldehydes is 1. The SMILES string of the molecule is Cc1cc(-c2ccc(C=O)cc2)nc(N)n1. The van der Waals surface area contributed by atoms with Gasteiger partial charge in [-0.05, 0) is 13.0 Å². The first-order chi connectivity index (χ1) is 7.69. The molecule has 0 atom stereocenters. The van der Waals surface area contributed by atoms with Crippen LogP contribution >= 0.6 is 0 Å². The minimum absolute atomic E-state index is 0.259. The smallest absolute Gasteiger partial charge is 0.220 e. The molecule has 0 unspecified atom stereocenters. The van der Waals surface area contributed by atoms with E-state index in [1.165, 1.54) is 0 Å². The topological polar surface area (TPSA) is 68.9 Å². The van der Waals surface area contributed by atoms with E-state index in [2.05, 4.69) is 9.97 Å². The van der Waals surface area contributed by atoms with Gasteiger partial charge in [0.2, 0.25) is 5.95 Å². The van der Waals surface area contributed by atoms with Crippen LogP contribution in [0.3, 0.4) is 0 Å². The van der Waals surface area contributed by atoms with Crippen molar-refractivity contribution in [1.82, 2.24) is 9.97 Å². The molecule has 0 radical (unpaired) electrons. The molecule has 2 rings (SSSR count). The molecule has 1 aromatic carbocycles. The molecule has 16 heavy (non-hydrogen) atoms. The monoisotopic (exact) mass is 213 g/mol. The van der Waals surface area contributed by atoms with Gasteiger partial charge in [0.1, 0.15) is 6.29 Å². The number of nitrogens with two attached hydrogens (primary N) is 1. The summed E-state index contributed by atoms with van der Waals surface area (Å²) in [6, 6.07) is 9.02. The second kappa shape index (κ2) is 4.10. The molecule has 0 aliphatic carbocycles. The van der Waals surface area contributed by atoms with Crippen LogP contribution in [-0.2, 0) is 0 Å². The first-order valence-electron chi connectivity index (χ1n) is 4.86. The van der Waals surface area contributed by atoms with Crippen molar-refractivity contribution in [2.24, 2.45) is 0 Å². The lowest BCUT2D eigenvalue weighted by atomic mass is 10.1. The third-order valence-corrected chi connectivity index (χ3v) is 2.21. The number of aromatic nitrogens is 2. The fraction of sp³-hybridized carbons (Fsp3) is 0.0833. The van der Waals surface area contributed by atoms with E-state index in [1.54, 1.807) is 12.1 Å². The molecule has 2 aromatic rings. The standard InChI is InChI=1S/C12H11N3O/c1-8-6-11(15-12(13)14-8)10-4-2-9(7-16)3-5-10/h2-7H,1H3,(H2,13,14,15). The number of anilines is 1. The first-order valence-corrected chi connectivity index (χ1v) is 4.86. The van der Waals surface area contributed by atoms with Gasteiger partial charge in [0.05, 0.1) is 5.69 Å². The molecular weight excluding hydrogens is 202 g/mol. The van der Waals surface area contributed by atoms with Gasteiger partial charge in [-0.15, -0.1) is 0 Å². The number of rotatable bonds is 2. The molecular formula is C12H11N3O. The van der Waals surface area contributed by atoms with Crippen molar-refractivity contribution in [1.29, 1.82) is 0 Å². The normalized spacial score (nSPS) is 10.1. The minimum Gasteiger partial charge on any atom is -0.368 e. The van der Waals surface area contributed by atoms with E-state index in [9.17, 15) is 4.79 Å². The van der Waals surface area contributed by atoms with Gasteiger partial charge in [-0.2, -0.15) is 0 Å². The number of nitrogen functional groups attached to an aromatic ring is 1. The molecule has 0 fully saturated rings. The number of hydrogen-bond donors (Lipinski definition) is 1. The highest BCUT2D eigenvalue weighted by Gasteiger charge is 2.02. The molecule has 1 heterocycles. The van der Waals surface area contributed by atoms with E-state index in [4.69, 9.17) is 5.73 Å². The van der Waals surface area contributed by atoms with Crippen LogP contribution in [0, 0.1) is 6.92 Å². The van der Waals surface area contributed by atoms with Crippen molar-refractivity contribution >= 4 is 12.2 Å². The predicted octanol–water partition coefficient (Wildman–Crippen LogP) is 1.85. The number of carbonyl (C=O) groups excluding carboxylic acids is 1. The van der Waals surface area contributed by atoms with Crippen molar-refractivity contribution in [2.45, 2.75) is 6.92 Å². The maximum Gasteiger partial charge on any atom is 0.220 e. The Morgan fingerprint density at radius 3 is 2.44 bits per heavy atom. The zero-order chi connectivity index (χ0) is 11.5. The van der Waals surface area contributed by atoms with Gasteiger partial charge >= 0.3 is 0 Å². The summed E-state index contributed by atoms with van der Waals surface area (Å²) in [6.45, 7) is 1.86. The first kappa shape index (κ1) is 10.3. The molecule has 0 saturated heterocycles. The van der Waals surface area contributed by atoms with Crippen LogP contribution in [-0.4, -0.2) is 16.3 Å². The zero-order valence-electron chi connectivity index (χ0n) is 8.84. The summed E-state index contributed by atoms with van der Waals surface area (Å²) >= 11 is 0. The molecule has 0 aliphatic heterocycles. The fourth-order valence-electron chi connectivity index (χ4n) is 1.47. The van der Waals surface area contributed by atoms with Crippen LogP contribution in [0.2, 0.25) is 0 Å². The summed E-state index contributed by atoms with van der Waals surface area (Å²) < 4.78 is 0. The van der Waals surface area contributed by atoms with E-state index in [0.29, 0.717) is 5.56 Å². The van der Waals surface area contributed by atoms with Gasteiger partial charge < -0.3 is 5.73 Å². The Labute approximate surface area is 93.2 Å². The van der Waals surface area contributed by atoms with E-state index < -0.39 is 0 Å². The third kappa shape index (κ3) is 2.06. The highest BCUT2D eigenvalue weighted by atomic mass is 16.1. The number of carbonyl (C=O) groups is 1. The quantitative estimate of drug-likeness (QED) is 0.773. The summed E-state index contributed by atoms with van der Waals surface area (Å²) in [5.74, 6) is 0.259. The highest BCUT2D eigenvalue weighted by Crippen LogP contribution is 2.18. The maximum absolute atomic E-state index is 10.5. The lowest BCUT2D eigenvalue weighted by Gasteiger charge is -2.03. The molecule has 0 saturated carbocycles. The number of hydrogen-bond acceptors (Lipinski definition) is 4. The predicted molar refractivity (Wildman–Crippen MR) is 62.0 cm³/mol. The Kier molecular flexibility index (Phi) is 2.64. The molecule has 80 valence electrons. The van der Waals surface area contributed by atoms with Crippen LogP contribution in [0.15, 0.2) is 30.3 Å². The lowest BCUT2D eigenvalue weighted by Crippen LogP contribution is -1.98. The van der Waals surface area contributed by atoms with E-state index >= 15 is 0 Å². The summed E-state index contributed by atoms with van der Waals surface area (Å²) in [7, 11) is 0. The van der Waals surface area contributed by atoms with Crippen LogP contribution in [0.1, 0.15) is 16.1 Å². The third-order valence-electron chi connectivity index (χ3n) is 2.21. The Bertz CT molecular complexity index is 500. The molecule has 0 bridgehead atoms. The largest absolute Gasteiger partial charge is 0.368 e. The second-order valence-electron chi connectivity index (χ2n) is 3.49. The van der Waals surface area contributed by atoms with Crippen molar-refractivity contribution in [3.05, 3.63) is 41.6 Å². The molecule has 4 nitrogen and oxygen atoms in total. The number of aryl methyl sites for hydroxylation is 1. The summed E-state index contributed by atoms with van der Waals surface area (Å²) in [5, 5.41) is 0. The van der Waals surface area contributed by atoms with Crippen molar-refractivity contribution < 1.29 is 4.79 Å². The van der Waals surface area contributed by atoms with Gasteiger partial charge in [0, 0.05) is 16.8 Å². The zero-order valence-corrected chi connectivity index (χ0v) is 8.84. The Morgan fingerprint density at radius 1 is 1.19 bits per heavy atom. The van der Waals surface area contributed by atoms with E-state index in [1.807, 2.05) is 25.1 Å². The minimum atomic E-state index is 0.259. The Balaban J connectivity index is 2.45. The molecule has 0 aliphatic rings. The maximum atomic E-state index is 10.5. The van der Waals surface area contributed by atoms with E-state index in [0.717, 1.165) is 23.2 Å². The summed E-state index contributed by atoms with van der Waals surface area (Å²) in [4.78, 5) is 18.7.